The van der Waals surface area contributed by atoms with Crippen LogP contribution >= 0.6 is 0 Å². The number of hydrogen-bond acceptors (Lipinski definition) is 9. The summed E-state index contributed by atoms with van der Waals surface area (Å²) < 4.78 is 21.7. The van der Waals surface area contributed by atoms with Crippen LogP contribution in [-0.4, -0.2) is 63.7 Å². The van der Waals surface area contributed by atoms with Crippen molar-refractivity contribution >= 4 is 34.8 Å². The summed E-state index contributed by atoms with van der Waals surface area (Å²) in [5, 5.41) is 21.9. The molecule has 4 saturated carbocycles. The number of benzene rings is 2. The van der Waals surface area contributed by atoms with E-state index in [0.29, 0.717) is 41.6 Å². The van der Waals surface area contributed by atoms with Crippen LogP contribution in [0.5, 0.6) is 5.75 Å². The molecule has 9 nitrogen and oxygen atoms in total. The number of fused-ring (bicyclic) bond motifs is 2. The van der Waals surface area contributed by atoms with Gasteiger partial charge in [0.15, 0.2) is 12.2 Å². The van der Waals surface area contributed by atoms with Crippen LogP contribution in [0, 0.1) is 17.8 Å². The molecule has 7 atom stereocenters. The van der Waals surface area contributed by atoms with Crippen LogP contribution in [0.4, 0.5) is 0 Å². The molecular weight excluding hydrogens is 588 g/mol. The molecule has 2 N–H and O–H groups in total. The summed E-state index contributed by atoms with van der Waals surface area (Å²) in [6.07, 6.45) is 6.61. The van der Waals surface area contributed by atoms with Gasteiger partial charge in [0, 0.05) is 17.6 Å². The zero-order chi connectivity index (χ0) is 33.0. The number of phenolic OH excluding ortho intramolecular Hbond substituents is 1. The van der Waals surface area contributed by atoms with E-state index in [1.807, 2.05) is 30.3 Å². The van der Waals surface area contributed by atoms with Crippen molar-refractivity contribution in [1.29, 1.82) is 0 Å². The van der Waals surface area contributed by atoms with Gasteiger partial charge in [-0.3, -0.25) is 4.79 Å². The average Bonchev–Trinajstić information content (AvgIpc) is 3.61. The largest absolute Gasteiger partial charge is 0.508 e. The minimum Gasteiger partial charge on any atom is -0.508 e. The Morgan fingerprint density at radius 2 is 1.59 bits per heavy atom. The second-order valence-corrected chi connectivity index (χ2v) is 14.1. The van der Waals surface area contributed by atoms with Crippen LogP contribution in [0.25, 0.3) is 16.8 Å². The molecule has 4 aliphatic carbocycles. The maximum absolute atomic E-state index is 11.7. The number of aromatic hydroxyl groups is 1. The Kier molecular flexibility index (Phi) is 8.36. The molecule has 3 saturated heterocycles. The molecule has 3 heterocycles. The Hall–Kier alpha value is -3.95. The van der Waals surface area contributed by atoms with Gasteiger partial charge in [0.1, 0.15) is 17.5 Å². The van der Waals surface area contributed by atoms with Gasteiger partial charge in [-0.25, -0.2) is 9.59 Å². The van der Waals surface area contributed by atoms with Crippen LogP contribution in [0.2, 0.25) is 0 Å². The van der Waals surface area contributed by atoms with E-state index in [2.05, 4.69) is 19.7 Å². The number of rotatable bonds is 5. The third-order valence-electron chi connectivity index (χ3n) is 10.1. The zero-order valence-electron chi connectivity index (χ0n) is 26.4. The summed E-state index contributed by atoms with van der Waals surface area (Å²) in [5.74, 6) is 0.245. The molecule has 2 aromatic carbocycles. The molecule has 9 heteroatoms. The van der Waals surface area contributed by atoms with Crippen molar-refractivity contribution in [3.63, 3.8) is 0 Å². The molecule has 0 radical (unpaired) electrons. The normalized spacial score (nSPS) is 35.3. The van der Waals surface area contributed by atoms with Crippen LogP contribution in [0.3, 0.4) is 0 Å². The lowest BCUT2D eigenvalue weighted by Crippen LogP contribution is -2.60. The summed E-state index contributed by atoms with van der Waals surface area (Å²) >= 11 is 0. The van der Waals surface area contributed by atoms with E-state index in [1.165, 1.54) is 6.42 Å². The van der Waals surface area contributed by atoms with Gasteiger partial charge in [0.05, 0.1) is 17.6 Å². The van der Waals surface area contributed by atoms with E-state index in [1.54, 1.807) is 26.0 Å². The topological polar surface area (TPSA) is 129 Å². The smallest absolute Gasteiger partial charge is 0.333 e. The number of carbonyl (C=O) groups excluding carboxylic acids is 3. The summed E-state index contributed by atoms with van der Waals surface area (Å²) in [6, 6.07) is 11.3. The Morgan fingerprint density at radius 3 is 2.22 bits per heavy atom. The summed E-state index contributed by atoms with van der Waals surface area (Å²) in [7, 11) is 0. The molecule has 0 spiro atoms. The van der Waals surface area contributed by atoms with Crippen molar-refractivity contribution in [2.75, 3.05) is 0 Å². The van der Waals surface area contributed by atoms with Crippen LogP contribution in [-0.2, 0) is 33.3 Å². The molecule has 7 fully saturated rings. The van der Waals surface area contributed by atoms with Crippen molar-refractivity contribution in [3.8, 4) is 5.75 Å². The predicted octanol–water partition coefficient (Wildman–Crippen LogP) is 5.56. The third kappa shape index (κ3) is 6.22. The highest BCUT2D eigenvalue weighted by atomic mass is 16.7. The predicted molar refractivity (Wildman–Crippen MR) is 170 cm³/mol. The molecule has 6 bridgehead atoms. The molecule has 7 aliphatic rings. The summed E-state index contributed by atoms with van der Waals surface area (Å²) in [4.78, 5) is 34.5. The van der Waals surface area contributed by atoms with Gasteiger partial charge in [-0.05, 0) is 98.7 Å². The van der Waals surface area contributed by atoms with Gasteiger partial charge in [-0.1, -0.05) is 44.0 Å². The van der Waals surface area contributed by atoms with Crippen molar-refractivity contribution in [2.24, 2.45) is 17.8 Å². The van der Waals surface area contributed by atoms with Crippen LogP contribution < -0.4 is 0 Å². The fourth-order valence-corrected chi connectivity index (χ4v) is 8.52. The number of phenols is 1. The third-order valence-corrected chi connectivity index (χ3v) is 10.1. The molecule has 3 aliphatic heterocycles. The van der Waals surface area contributed by atoms with Gasteiger partial charge in [-0.2, -0.15) is 0 Å². The van der Waals surface area contributed by atoms with Gasteiger partial charge < -0.3 is 29.2 Å². The first-order valence-electron chi connectivity index (χ1n) is 16.0. The number of esters is 3. The van der Waals surface area contributed by atoms with Crippen molar-refractivity contribution < 1.29 is 43.5 Å². The first-order valence-corrected chi connectivity index (χ1v) is 16.0. The minimum absolute atomic E-state index is 0.158. The minimum atomic E-state index is -0.570. The maximum atomic E-state index is 11.7. The van der Waals surface area contributed by atoms with Crippen molar-refractivity contribution in [3.05, 3.63) is 72.8 Å². The van der Waals surface area contributed by atoms with E-state index < -0.39 is 29.4 Å². The summed E-state index contributed by atoms with van der Waals surface area (Å²) in [5.41, 5.74) is 0.920. The molecular formula is C37H42O9. The van der Waals surface area contributed by atoms with Crippen LogP contribution in [0.1, 0.15) is 64.4 Å². The van der Waals surface area contributed by atoms with E-state index in [4.69, 9.17) is 18.9 Å². The molecule has 46 heavy (non-hydrogen) atoms. The monoisotopic (exact) mass is 630 g/mol. The SMILES string of the molecule is C=C(C)C(=O)OC12CC3CC(CC(O)(C3)C1)C2.C=C(C)C(=O)OC1C2CC3C(=O)OC1C3O2.C=Cc1ccc2cc(O)ccc2c1. The molecule has 0 amide bonds. The lowest BCUT2D eigenvalue weighted by atomic mass is 9.52. The van der Waals surface area contributed by atoms with E-state index >= 15 is 0 Å². The molecule has 244 valence electrons. The number of aliphatic hydroxyl groups is 1. The first-order chi connectivity index (χ1) is 21.8. The number of hydrogen-bond donors (Lipinski definition) is 2. The second kappa shape index (κ2) is 12.0. The van der Waals surface area contributed by atoms with Gasteiger partial charge in [-0.15, -0.1) is 0 Å². The highest BCUT2D eigenvalue weighted by Crippen LogP contribution is 2.59. The second-order valence-electron chi connectivity index (χ2n) is 14.1. The number of carbonyl (C=O) groups is 3. The zero-order valence-corrected chi connectivity index (χ0v) is 26.4. The summed E-state index contributed by atoms with van der Waals surface area (Å²) in [6.45, 7) is 14.1. The van der Waals surface area contributed by atoms with E-state index in [0.717, 1.165) is 42.0 Å². The van der Waals surface area contributed by atoms with Gasteiger partial charge in [0.25, 0.3) is 0 Å². The lowest BCUT2D eigenvalue weighted by Gasteiger charge is -2.59. The Morgan fingerprint density at radius 1 is 0.935 bits per heavy atom. The highest BCUT2D eigenvalue weighted by Gasteiger charge is 2.65. The highest BCUT2D eigenvalue weighted by molar-refractivity contribution is 5.88. The van der Waals surface area contributed by atoms with E-state index in [9.17, 15) is 24.6 Å². The van der Waals surface area contributed by atoms with Gasteiger partial charge in [0.2, 0.25) is 0 Å². The molecule has 2 aromatic rings. The Bertz CT molecular complexity index is 1590. The quantitative estimate of drug-likeness (QED) is 0.248. The fourth-order valence-electron chi connectivity index (χ4n) is 8.52. The van der Waals surface area contributed by atoms with Crippen molar-refractivity contribution in [2.45, 2.75) is 94.4 Å². The Labute approximate surface area is 268 Å². The van der Waals surface area contributed by atoms with Crippen LogP contribution in [0.15, 0.2) is 67.3 Å². The van der Waals surface area contributed by atoms with Crippen molar-refractivity contribution in [1.82, 2.24) is 0 Å². The Balaban J connectivity index is 0.000000122. The standard InChI is InChI=1S/C14H20O3.C12H10O.C11H12O5/c1-9(2)12(15)17-14-6-10-3-11(7-14)5-13(16,4-10)8-14;1-2-9-3-4-11-8-12(13)6-5-10(11)7-9;1-4(2)10(12)15-8-6-3-5-7(14-6)9(8)16-11(5)13/h10-11,16H,1,3-8H2,2H3;2-8,13H,1H2;5-9H,1,3H2,2H3. The van der Waals surface area contributed by atoms with Gasteiger partial charge >= 0.3 is 17.9 Å². The van der Waals surface area contributed by atoms with E-state index in [-0.39, 0.29) is 30.1 Å². The number of ether oxygens (including phenoxy) is 4. The average molecular weight is 631 g/mol. The molecule has 9 rings (SSSR count). The molecule has 7 unspecified atom stereocenters. The fraction of sp³-hybridized carbons (Fsp3) is 0.486. The molecule has 0 aromatic heterocycles. The first kappa shape index (κ1) is 32.0. The lowest BCUT2D eigenvalue weighted by molar-refractivity contribution is -0.217. The maximum Gasteiger partial charge on any atom is 0.333 e.